The Morgan fingerprint density at radius 2 is 0.837 bits per heavy atom. The van der Waals surface area contributed by atoms with Crippen molar-refractivity contribution in [1.82, 2.24) is 44.4 Å². The molecule has 16 heteroatoms. The first kappa shape index (κ1) is 75.7. The van der Waals surface area contributed by atoms with E-state index < -0.39 is 6.10 Å². The maximum absolute atomic E-state index is 12.2. The molecule has 6 N–H and O–H groups in total. The number of nitrogens with one attached hydrogen (secondary N) is 4. The van der Waals surface area contributed by atoms with Gasteiger partial charge >= 0.3 is 0 Å². The number of piperazine rings is 1. The van der Waals surface area contributed by atoms with E-state index in [1.54, 1.807) is 0 Å². The highest BCUT2D eigenvalue weighted by Gasteiger charge is 2.34. The van der Waals surface area contributed by atoms with Crippen molar-refractivity contribution < 1.29 is 15.0 Å². The molecule has 0 radical (unpaired) electrons. The van der Waals surface area contributed by atoms with E-state index in [9.17, 15) is 34.2 Å². The van der Waals surface area contributed by atoms with Gasteiger partial charge in [0, 0.05) is 141 Å². The minimum Gasteiger partial charge on any atom is -0.393 e. The second-order valence-electron chi connectivity index (χ2n) is 30.3. The maximum atomic E-state index is 12.2. The first-order valence-electron chi connectivity index (χ1n) is 39.5. The van der Waals surface area contributed by atoms with Crippen molar-refractivity contribution in [2.75, 3.05) is 72.0 Å². The third kappa shape index (κ3) is 19.8. The summed E-state index contributed by atoms with van der Waals surface area (Å²) < 4.78 is 0. The Bertz CT molecular complexity index is 4580. The number of pyridine rings is 4. The zero-order valence-corrected chi connectivity index (χ0v) is 62.2. The Labute approximate surface area is 614 Å². The molecule has 2 aliphatic carbocycles. The van der Waals surface area contributed by atoms with Gasteiger partial charge in [0.05, 0.1) is 12.2 Å². The molecule has 4 aliphatic heterocycles. The Morgan fingerprint density at radius 1 is 0.404 bits per heavy atom. The number of benzene rings is 5. The molecule has 1 saturated carbocycles. The van der Waals surface area contributed by atoms with Crippen LogP contribution in [0.1, 0.15) is 199 Å². The average molecular weight is 1410 g/mol. The molecule has 552 valence electrons. The van der Waals surface area contributed by atoms with Gasteiger partial charge in [-0.15, -0.1) is 0 Å². The number of aryl methyl sites for hydroxylation is 4. The van der Waals surface area contributed by atoms with Crippen LogP contribution in [-0.2, 0) is 43.6 Å². The second-order valence-corrected chi connectivity index (χ2v) is 30.3. The van der Waals surface area contributed by atoms with Gasteiger partial charge in [-0.2, -0.15) is 0 Å². The van der Waals surface area contributed by atoms with Crippen LogP contribution >= 0.6 is 0 Å². The van der Waals surface area contributed by atoms with Gasteiger partial charge in [-0.3, -0.25) is 43.6 Å². The summed E-state index contributed by atoms with van der Waals surface area (Å²) in [5.74, 6) is 1.66. The number of nitrogens with zero attached hydrogens (tertiary/aromatic N) is 5. The molecular weight excluding hydrogens is 1300 g/mol. The summed E-state index contributed by atoms with van der Waals surface area (Å²) in [5.41, 5.74) is 13.3. The number of hydrogen-bond acceptors (Lipinski definition) is 12. The SMILES string of the molecule is CCc1cc2cc(C(C3CC=CCC3)N3CCC(O)CC3)ccc2[nH]c1=O.CCc1cc2cc(C(C3CCCCCC3)N3CCC(=O)CC3)ccc2[nH]c1=O.CCc1cc2cc(C(O)CN3CCCCC3)ccc2[nH]c1=O.CCc1cc2cc(CN3CCN(Cc4ccccc4)CC3)ccc2[nH]c1=O. The molecule has 16 nitrogen and oxygen atoms in total. The van der Waals surface area contributed by atoms with E-state index in [4.69, 9.17) is 0 Å². The minimum absolute atomic E-state index is 0.0170. The molecule has 15 rings (SSSR count). The highest BCUT2D eigenvalue weighted by molar-refractivity contribution is 5.83. The monoisotopic (exact) mass is 1410 g/mol. The largest absolute Gasteiger partial charge is 0.393 e. The van der Waals surface area contributed by atoms with Crippen molar-refractivity contribution in [3.63, 3.8) is 0 Å². The van der Waals surface area contributed by atoms with E-state index in [2.05, 4.69) is 148 Å². The number of rotatable bonds is 17. The van der Waals surface area contributed by atoms with E-state index in [-0.39, 0.29) is 28.3 Å². The van der Waals surface area contributed by atoms with Crippen LogP contribution in [0.4, 0.5) is 0 Å². The van der Waals surface area contributed by atoms with E-state index in [0.29, 0.717) is 55.5 Å². The summed E-state index contributed by atoms with van der Waals surface area (Å²) in [4.78, 5) is 84.4. The standard InChI is InChI=1S/C24H32N2O2.C23H27N3O.C23H30N2O2.C18H24N2O2/c1-2-17-15-20-16-19(9-10-22(20)25-24(17)28)23(18-7-5-3-4-6-8-18)26-13-11-21(27)12-14-26;1-2-20-15-21-14-19(8-9-22(21)24-23(20)27)17-26-12-10-25(11-13-26)16-18-6-4-3-5-7-18;1-2-16-14-19-15-18(8-9-21(19)24-23(16)27)22(17-6-4-3-5-7-17)25-12-10-20(26)11-13-25;1-2-13-10-15-11-14(6-7-16(15)19-18(13)22)17(21)12-20-8-4-3-5-9-20/h9-10,15-16,18,23H,2-8,11-14H2,1H3,(H,25,28);3-9,14-15H,2,10-13,16-17H2,1H3,(H,24,27);3-4,8-9,14-15,17,20,22,26H,2,5-7,10-13H2,1H3,(H,24,27);6-7,10-11,17,21H,2-5,8-9,12H2,1H3,(H,19,22). The summed E-state index contributed by atoms with van der Waals surface area (Å²) in [5, 5.41) is 24.8. The lowest BCUT2D eigenvalue weighted by Crippen LogP contribution is -2.45. The quantitative estimate of drug-likeness (QED) is 0.0372. The highest BCUT2D eigenvalue weighted by atomic mass is 16.3. The van der Waals surface area contributed by atoms with E-state index in [1.807, 2.05) is 64.1 Å². The molecule has 5 aromatic carbocycles. The predicted molar refractivity (Wildman–Crippen MR) is 424 cm³/mol. The molecule has 0 bridgehead atoms. The van der Waals surface area contributed by atoms with Crippen molar-refractivity contribution in [1.29, 1.82) is 0 Å². The fraction of sp³-hybridized carbons (Fsp3) is 0.489. The van der Waals surface area contributed by atoms with E-state index >= 15 is 0 Å². The van der Waals surface area contributed by atoms with Crippen LogP contribution in [0.5, 0.6) is 0 Å². The maximum Gasteiger partial charge on any atom is 0.251 e. The molecule has 0 spiro atoms. The number of fused-ring (bicyclic) bond motifs is 4. The Morgan fingerprint density at radius 3 is 1.32 bits per heavy atom. The van der Waals surface area contributed by atoms with Crippen LogP contribution in [-0.4, -0.2) is 139 Å². The zero-order valence-electron chi connectivity index (χ0n) is 62.2. The molecular formula is C88H113N9O7. The van der Waals surface area contributed by atoms with Crippen LogP contribution in [0.3, 0.4) is 0 Å². The van der Waals surface area contributed by atoms with Crippen molar-refractivity contribution in [3.8, 4) is 0 Å². The third-order valence-corrected chi connectivity index (χ3v) is 23.2. The molecule has 4 aromatic heterocycles. The summed E-state index contributed by atoms with van der Waals surface area (Å²) in [6, 6.07) is 44.9. The molecule has 0 amide bonds. The number of likely N-dealkylation sites (tertiary alicyclic amines) is 3. The van der Waals surface area contributed by atoms with Crippen molar-refractivity contribution in [3.05, 3.63) is 231 Å². The predicted octanol–water partition coefficient (Wildman–Crippen LogP) is 14.7. The number of hydrogen-bond donors (Lipinski definition) is 6. The van der Waals surface area contributed by atoms with Gasteiger partial charge in [0.25, 0.3) is 22.2 Å². The Kier molecular flexibility index (Phi) is 26.8. The van der Waals surface area contributed by atoms with Crippen molar-refractivity contribution in [2.24, 2.45) is 11.8 Å². The molecule has 4 unspecified atom stereocenters. The van der Waals surface area contributed by atoms with Gasteiger partial charge in [0.2, 0.25) is 0 Å². The van der Waals surface area contributed by atoms with Crippen LogP contribution < -0.4 is 22.2 Å². The summed E-state index contributed by atoms with van der Waals surface area (Å²) in [6.07, 6.45) is 25.2. The van der Waals surface area contributed by atoms with Gasteiger partial charge < -0.3 is 35.0 Å². The van der Waals surface area contributed by atoms with Gasteiger partial charge in [-0.25, -0.2) is 0 Å². The molecule has 6 aliphatic rings. The number of H-pyrrole nitrogens is 4. The van der Waals surface area contributed by atoms with Gasteiger partial charge in [-0.05, 0) is 231 Å². The molecule has 4 atom stereocenters. The Balaban J connectivity index is 0.000000131. The zero-order chi connectivity index (χ0) is 72.5. The van der Waals surface area contributed by atoms with Crippen LogP contribution in [0.15, 0.2) is 159 Å². The fourth-order valence-electron chi connectivity index (χ4n) is 17.0. The van der Waals surface area contributed by atoms with Crippen molar-refractivity contribution in [2.45, 2.75) is 193 Å². The first-order valence-corrected chi connectivity index (χ1v) is 39.5. The minimum atomic E-state index is -0.473. The van der Waals surface area contributed by atoms with E-state index in [1.165, 1.54) is 86.5 Å². The number of ketones is 1. The summed E-state index contributed by atoms with van der Waals surface area (Å²) in [7, 11) is 0. The Hall–Kier alpha value is -7.93. The van der Waals surface area contributed by atoms with E-state index in [0.717, 1.165) is 195 Å². The molecule has 9 aromatic rings. The molecule has 8 heterocycles. The van der Waals surface area contributed by atoms with Gasteiger partial charge in [0.1, 0.15) is 5.78 Å². The number of aliphatic hydroxyl groups is 2. The van der Waals surface area contributed by atoms with Gasteiger partial charge in [0.15, 0.2) is 0 Å². The summed E-state index contributed by atoms with van der Waals surface area (Å²) >= 11 is 0. The number of piperidine rings is 3. The number of allylic oxidation sites excluding steroid dienone is 2. The third-order valence-electron chi connectivity index (χ3n) is 23.2. The lowest BCUT2D eigenvalue weighted by atomic mass is 9.82. The van der Waals surface area contributed by atoms with Crippen LogP contribution in [0.25, 0.3) is 43.6 Å². The molecule has 5 fully saturated rings. The number of carbonyl (C=O) groups excluding carboxylic acids is 1. The number of carbonyl (C=O) groups is 1. The van der Waals surface area contributed by atoms with Crippen molar-refractivity contribution >= 4 is 49.4 Å². The number of aromatic amines is 4. The van der Waals surface area contributed by atoms with Crippen LogP contribution in [0, 0.1) is 11.8 Å². The molecule has 4 saturated heterocycles. The number of aliphatic hydroxyl groups excluding tert-OH is 2. The number of aromatic nitrogens is 4. The first-order chi connectivity index (χ1) is 50.7. The van der Waals surface area contributed by atoms with Crippen LogP contribution in [0.2, 0.25) is 0 Å². The molecule has 104 heavy (non-hydrogen) atoms. The smallest absolute Gasteiger partial charge is 0.251 e. The highest BCUT2D eigenvalue weighted by Crippen LogP contribution is 2.41. The second kappa shape index (κ2) is 36.9. The fourth-order valence-corrected chi connectivity index (χ4v) is 17.0. The average Bonchev–Trinajstić information content (AvgIpc) is 0.879. The number of Topliss-reactive ketones (excluding diaryl/α,β-unsaturated/α-hetero) is 1. The number of β-amino-alcohol motifs (C(OH)–C–C–N with tert-alkyl or cyclic N) is 1. The van der Waals surface area contributed by atoms with Gasteiger partial charge in [-0.1, -0.05) is 127 Å². The summed E-state index contributed by atoms with van der Waals surface area (Å²) in [6.45, 7) is 21.0. The normalized spacial score (nSPS) is 19.5. The lowest BCUT2D eigenvalue weighted by molar-refractivity contribution is -0.122. The lowest BCUT2D eigenvalue weighted by Gasteiger charge is -2.41. The topological polar surface area (TPSA) is 205 Å².